The van der Waals surface area contributed by atoms with E-state index in [2.05, 4.69) is 4.99 Å². The third kappa shape index (κ3) is 2.74. The zero-order chi connectivity index (χ0) is 13.1. The Bertz CT molecular complexity index is 682. The Morgan fingerprint density at radius 2 is 2.00 bits per heavy atom. The van der Waals surface area contributed by atoms with Crippen molar-refractivity contribution in [2.24, 2.45) is 4.99 Å². The molecule has 0 bridgehead atoms. The van der Waals surface area contributed by atoms with Crippen LogP contribution in [0.25, 0.3) is 6.20 Å². The molecule has 1 aliphatic heterocycles. The molecule has 0 amide bonds. The normalized spacial score (nSPS) is 13.4. The van der Waals surface area contributed by atoms with Crippen LogP contribution in [0.5, 0.6) is 0 Å². The number of nitrogens with two attached hydrogens (primary N) is 1. The lowest BCUT2D eigenvalue weighted by Gasteiger charge is -2.20. The molecule has 1 heterocycles. The van der Waals surface area contributed by atoms with Crippen molar-refractivity contribution in [1.82, 2.24) is 5.06 Å². The van der Waals surface area contributed by atoms with Crippen LogP contribution in [-0.2, 0) is 11.4 Å². The van der Waals surface area contributed by atoms with E-state index in [0.29, 0.717) is 13.3 Å². The predicted octanol–water partition coefficient (Wildman–Crippen LogP) is 1.03. The third-order valence-electron chi connectivity index (χ3n) is 2.95. The van der Waals surface area contributed by atoms with Crippen LogP contribution >= 0.6 is 0 Å². The van der Waals surface area contributed by atoms with Crippen LogP contribution in [0.3, 0.4) is 0 Å². The van der Waals surface area contributed by atoms with Gasteiger partial charge >= 0.3 is 0 Å². The van der Waals surface area contributed by atoms with Crippen molar-refractivity contribution in [2.75, 3.05) is 12.4 Å². The Labute approximate surface area is 111 Å². The molecule has 0 atom stereocenters. The molecule has 0 aliphatic carbocycles. The van der Waals surface area contributed by atoms with E-state index in [9.17, 15) is 0 Å². The summed E-state index contributed by atoms with van der Waals surface area (Å²) in [5, 5.41) is 3.67. The maximum absolute atomic E-state index is 5.77. The Balaban J connectivity index is 1.74. The molecule has 4 heteroatoms. The first-order chi connectivity index (χ1) is 9.31. The number of nitrogen functional groups attached to an aromatic ring is 1. The molecule has 4 nitrogen and oxygen atoms in total. The second-order valence-corrected chi connectivity index (χ2v) is 4.42. The Kier molecular flexibility index (Phi) is 3.16. The second kappa shape index (κ2) is 5.12. The van der Waals surface area contributed by atoms with Gasteiger partial charge in [-0.25, -0.2) is 5.06 Å². The summed E-state index contributed by atoms with van der Waals surface area (Å²) in [7, 11) is 0. The molecule has 0 saturated heterocycles. The molecule has 0 fully saturated rings. The number of benzene rings is 2. The van der Waals surface area contributed by atoms with Gasteiger partial charge in [-0.05, 0) is 23.8 Å². The van der Waals surface area contributed by atoms with Gasteiger partial charge < -0.3 is 5.73 Å². The van der Waals surface area contributed by atoms with Gasteiger partial charge in [-0.1, -0.05) is 30.3 Å². The molecule has 0 unspecified atom stereocenters. The van der Waals surface area contributed by atoms with E-state index in [4.69, 9.17) is 10.6 Å². The van der Waals surface area contributed by atoms with Crippen LogP contribution in [-0.4, -0.2) is 11.7 Å². The van der Waals surface area contributed by atoms with Crippen molar-refractivity contribution in [1.29, 1.82) is 0 Å². The van der Waals surface area contributed by atoms with Gasteiger partial charge in [-0.3, -0.25) is 9.83 Å². The van der Waals surface area contributed by atoms with E-state index >= 15 is 0 Å². The van der Waals surface area contributed by atoms with Crippen molar-refractivity contribution in [3.8, 4) is 0 Å². The van der Waals surface area contributed by atoms with Crippen molar-refractivity contribution < 1.29 is 4.84 Å². The highest BCUT2D eigenvalue weighted by Gasteiger charge is 2.04. The van der Waals surface area contributed by atoms with Crippen molar-refractivity contribution in [2.45, 2.75) is 6.61 Å². The fraction of sp³-hybridized carbons (Fsp3) is 0.133. The molecule has 3 rings (SSSR count). The molecule has 0 saturated carbocycles. The molecular formula is C15H15N3O. The number of nitrogens with zero attached hydrogens (tertiary/aromatic N) is 2. The molecule has 96 valence electrons. The van der Waals surface area contributed by atoms with E-state index in [1.165, 1.54) is 0 Å². The van der Waals surface area contributed by atoms with Crippen molar-refractivity contribution in [3.63, 3.8) is 0 Å². The maximum Gasteiger partial charge on any atom is 0.135 e. The van der Waals surface area contributed by atoms with Gasteiger partial charge in [-0.2, -0.15) is 0 Å². The number of anilines is 1. The van der Waals surface area contributed by atoms with Crippen LogP contribution in [0.4, 0.5) is 5.69 Å². The van der Waals surface area contributed by atoms with Gasteiger partial charge in [0.15, 0.2) is 0 Å². The smallest absolute Gasteiger partial charge is 0.135 e. The van der Waals surface area contributed by atoms with E-state index in [1.807, 2.05) is 54.7 Å². The van der Waals surface area contributed by atoms with E-state index < -0.39 is 0 Å². The van der Waals surface area contributed by atoms with Gasteiger partial charge in [0.25, 0.3) is 0 Å². The number of hydrogen-bond donors (Lipinski definition) is 1. The number of hydrogen-bond acceptors (Lipinski definition) is 4. The lowest BCUT2D eigenvalue weighted by molar-refractivity contribution is -0.115. The lowest BCUT2D eigenvalue weighted by Crippen LogP contribution is -2.35. The quantitative estimate of drug-likeness (QED) is 0.831. The number of fused-ring (bicyclic) bond motifs is 1. The summed E-state index contributed by atoms with van der Waals surface area (Å²) in [6.07, 6.45) is 1.93. The van der Waals surface area contributed by atoms with Gasteiger partial charge in [0, 0.05) is 17.1 Å². The van der Waals surface area contributed by atoms with Gasteiger partial charge in [0.05, 0.1) is 12.0 Å². The highest BCUT2D eigenvalue weighted by molar-refractivity contribution is 5.40. The number of rotatable bonds is 3. The molecular weight excluding hydrogens is 238 g/mol. The molecule has 2 N–H and O–H groups in total. The van der Waals surface area contributed by atoms with Crippen LogP contribution < -0.4 is 16.3 Å². The van der Waals surface area contributed by atoms with E-state index in [0.717, 1.165) is 21.8 Å². The van der Waals surface area contributed by atoms with Crippen LogP contribution in [0.2, 0.25) is 0 Å². The SMILES string of the molecule is Nc1ccc2c(c1)=CN(OCc1ccccc1)CN=2. The summed E-state index contributed by atoms with van der Waals surface area (Å²) in [5.74, 6) is 0. The maximum atomic E-state index is 5.77. The van der Waals surface area contributed by atoms with Gasteiger partial charge in [0.2, 0.25) is 0 Å². The predicted molar refractivity (Wildman–Crippen MR) is 74.0 cm³/mol. The molecule has 19 heavy (non-hydrogen) atoms. The fourth-order valence-corrected chi connectivity index (χ4v) is 1.97. The average molecular weight is 253 g/mol. The first kappa shape index (κ1) is 11.7. The van der Waals surface area contributed by atoms with Crippen LogP contribution in [0.15, 0.2) is 53.5 Å². The summed E-state index contributed by atoms with van der Waals surface area (Å²) in [5.41, 5.74) is 7.64. The minimum atomic E-state index is 0.504. The summed E-state index contributed by atoms with van der Waals surface area (Å²) in [6.45, 7) is 1.04. The summed E-state index contributed by atoms with van der Waals surface area (Å²) < 4.78 is 0. The average Bonchev–Trinajstić information content (AvgIpc) is 2.46. The monoisotopic (exact) mass is 253 g/mol. The van der Waals surface area contributed by atoms with Crippen molar-refractivity contribution in [3.05, 3.63) is 64.7 Å². The molecule has 1 aliphatic rings. The minimum absolute atomic E-state index is 0.504. The molecule has 2 aromatic carbocycles. The van der Waals surface area contributed by atoms with Gasteiger partial charge in [-0.15, -0.1) is 0 Å². The Morgan fingerprint density at radius 1 is 1.16 bits per heavy atom. The Morgan fingerprint density at radius 3 is 2.84 bits per heavy atom. The molecule has 2 aromatic rings. The second-order valence-electron chi connectivity index (χ2n) is 4.42. The first-order valence-electron chi connectivity index (χ1n) is 6.17. The summed E-state index contributed by atoms with van der Waals surface area (Å²) in [4.78, 5) is 10.2. The topological polar surface area (TPSA) is 50.8 Å². The highest BCUT2D eigenvalue weighted by Crippen LogP contribution is 2.04. The third-order valence-corrected chi connectivity index (χ3v) is 2.95. The van der Waals surface area contributed by atoms with Gasteiger partial charge in [0.1, 0.15) is 6.67 Å². The molecule has 0 spiro atoms. The van der Waals surface area contributed by atoms with Crippen LogP contribution in [0, 0.1) is 0 Å². The largest absolute Gasteiger partial charge is 0.399 e. The lowest BCUT2D eigenvalue weighted by atomic mass is 10.2. The summed E-state index contributed by atoms with van der Waals surface area (Å²) >= 11 is 0. The zero-order valence-corrected chi connectivity index (χ0v) is 10.5. The summed E-state index contributed by atoms with van der Waals surface area (Å²) in [6, 6.07) is 15.7. The van der Waals surface area contributed by atoms with E-state index in [1.54, 1.807) is 5.06 Å². The molecule has 0 radical (unpaired) electrons. The molecule has 0 aromatic heterocycles. The van der Waals surface area contributed by atoms with E-state index in [-0.39, 0.29) is 0 Å². The standard InChI is InChI=1S/C15H15N3O/c16-14-6-7-15-13(8-14)9-18(11-17-15)19-10-12-4-2-1-3-5-12/h1-9H,10-11,16H2. The van der Waals surface area contributed by atoms with Crippen LogP contribution in [0.1, 0.15) is 5.56 Å². The first-order valence-corrected chi connectivity index (χ1v) is 6.17. The highest BCUT2D eigenvalue weighted by atomic mass is 16.7. The van der Waals surface area contributed by atoms with Crippen molar-refractivity contribution >= 4 is 11.9 Å². The zero-order valence-electron chi connectivity index (χ0n) is 10.5. The fourth-order valence-electron chi connectivity index (χ4n) is 1.97. The number of hydroxylamine groups is 2. The Hall–Kier alpha value is -2.33. The minimum Gasteiger partial charge on any atom is -0.399 e.